The maximum absolute atomic E-state index is 14.1. The number of amides is 3. The Kier molecular flexibility index (Phi) is 5.59. The first-order valence-electron chi connectivity index (χ1n) is 10.9. The van der Waals surface area contributed by atoms with E-state index in [1.54, 1.807) is 29.2 Å². The molecule has 2 aliphatic heterocycles. The number of rotatable bonds is 3. The molecule has 1 saturated heterocycles. The first kappa shape index (κ1) is 21.9. The molecule has 1 unspecified atom stereocenters. The number of aryl methyl sites for hydroxylation is 2. The van der Waals surface area contributed by atoms with Crippen LogP contribution in [0.15, 0.2) is 66.7 Å². The van der Waals surface area contributed by atoms with Gasteiger partial charge in [0.25, 0.3) is 5.91 Å². The fraction of sp³-hybridized carbons (Fsp3) is 0.231. The molecule has 0 bridgehead atoms. The third kappa shape index (κ3) is 3.77. The van der Waals surface area contributed by atoms with E-state index in [9.17, 15) is 9.59 Å². The molecule has 33 heavy (non-hydrogen) atoms. The van der Waals surface area contributed by atoms with Gasteiger partial charge in [0.15, 0.2) is 4.87 Å². The molecule has 0 saturated carbocycles. The van der Waals surface area contributed by atoms with Crippen molar-refractivity contribution in [1.29, 1.82) is 0 Å². The fourth-order valence-electron chi connectivity index (χ4n) is 4.52. The van der Waals surface area contributed by atoms with E-state index in [-0.39, 0.29) is 11.9 Å². The molecule has 1 N–H and O–H groups in total. The number of nitrogens with zero attached hydrogens (tertiary/aromatic N) is 2. The molecule has 0 aromatic heterocycles. The molecule has 3 aromatic rings. The van der Waals surface area contributed by atoms with Crippen LogP contribution in [0, 0.1) is 13.8 Å². The van der Waals surface area contributed by atoms with E-state index in [2.05, 4.69) is 17.4 Å². The summed E-state index contributed by atoms with van der Waals surface area (Å²) in [5.74, 6) is 0.605. The monoisotopic (exact) mass is 477 g/mol. The lowest BCUT2D eigenvalue weighted by Crippen LogP contribution is -2.51. The first-order chi connectivity index (χ1) is 15.9. The molecule has 2 aliphatic rings. The molecule has 1 fully saturated rings. The number of anilines is 2. The van der Waals surface area contributed by atoms with Crippen molar-refractivity contribution < 1.29 is 9.59 Å². The van der Waals surface area contributed by atoms with Crippen molar-refractivity contribution in [1.82, 2.24) is 4.90 Å². The highest BCUT2D eigenvalue weighted by atomic mass is 35.5. The van der Waals surface area contributed by atoms with Gasteiger partial charge in [-0.15, -0.1) is 11.8 Å². The van der Waals surface area contributed by atoms with Crippen molar-refractivity contribution in [2.75, 3.05) is 22.5 Å². The molecule has 1 spiro atoms. The summed E-state index contributed by atoms with van der Waals surface area (Å²) < 4.78 is 0. The Morgan fingerprint density at radius 2 is 1.82 bits per heavy atom. The van der Waals surface area contributed by atoms with E-state index in [0.717, 1.165) is 22.4 Å². The van der Waals surface area contributed by atoms with Crippen LogP contribution in [-0.4, -0.2) is 29.1 Å². The molecule has 3 aromatic carbocycles. The summed E-state index contributed by atoms with van der Waals surface area (Å²) in [4.78, 5) is 29.9. The molecule has 1 atom stereocenters. The largest absolute Gasteiger partial charge is 0.323 e. The summed E-state index contributed by atoms with van der Waals surface area (Å²) in [6, 6.07) is 21.0. The van der Waals surface area contributed by atoms with E-state index >= 15 is 0 Å². The second-order valence-corrected chi connectivity index (χ2v) is 10.2. The van der Waals surface area contributed by atoms with Crippen molar-refractivity contribution in [3.05, 3.63) is 94.0 Å². The molecule has 168 valence electrons. The predicted octanol–water partition coefficient (Wildman–Crippen LogP) is 5.94. The third-order valence-electron chi connectivity index (χ3n) is 6.13. The summed E-state index contributed by atoms with van der Waals surface area (Å²) in [6.45, 7) is 5.00. The van der Waals surface area contributed by atoms with Gasteiger partial charge in [-0.1, -0.05) is 65.2 Å². The van der Waals surface area contributed by atoms with Crippen molar-refractivity contribution in [3.8, 4) is 0 Å². The van der Waals surface area contributed by atoms with Gasteiger partial charge in [-0.25, -0.2) is 4.79 Å². The smallest absolute Gasteiger partial charge is 0.308 e. The highest BCUT2D eigenvalue weighted by Crippen LogP contribution is 2.54. The van der Waals surface area contributed by atoms with Crippen LogP contribution in [0.5, 0.6) is 0 Å². The number of urea groups is 1. The Morgan fingerprint density at radius 3 is 2.58 bits per heavy atom. The van der Waals surface area contributed by atoms with Gasteiger partial charge in [-0.3, -0.25) is 9.69 Å². The molecular weight excluding hydrogens is 454 g/mol. The van der Waals surface area contributed by atoms with E-state index in [1.807, 2.05) is 49.1 Å². The lowest BCUT2D eigenvalue weighted by Gasteiger charge is -2.33. The summed E-state index contributed by atoms with van der Waals surface area (Å²) in [5, 5.41) is 3.47. The topological polar surface area (TPSA) is 52.7 Å². The van der Waals surface area contributed by atoms with Crippen molar-refractivity contribution in [2.24, 2.45) is 0 Å². The van der Waals surface area contributed by atoms with Gasteiger partial charge in [-0.2, -0.15) is 0 Å². The SMILES string of the molecule is Cc1ccc(CN2C(=O)C3(SCCN3C(=O)Nc3cccc(Cl)c3)c3cc(C)ccc32)cc1. The van der Waals surface area contributed by atoms with Crippen molar-refractivity contribution >= 4 is 46.7 Å². The standard InChI is InChI=1S/C26H24ClN3O2S/c1-17-6-9-19(10-7-17)16-29-23-11-8-18(2)14-22(23)26(24(29)31)30(12-13-33-26)25(32)28-21-5-3-4-20(27)15-21/h3-11,14-15H,12-13,16H2,1-2H3,(H,28,32). The van der Waals surface area contributed by atoms with Gasteiger partial charge in [0.2, 0.25) is 0 Å². The second kappa shape index (κ2) is 8.43. The first-order valence-corrected chi connectivity index (χ1v) is 12.2. The van der Waals surface area contributed by atoms with Gasteiger partial charge < -0.3 is 10.2 Å². The molecule has 0 aliphatic carbocycles. The zero-order chi connectivity index (χ0) is 23.2. The minimum atomic E-state index is -1.07. The molecule has 7 heteroatoms. The summed E-state index contributed by atoms with van der Waals surface area (Å²) in [6.07, 6.45) is 0. The van der Waals surface area contributed by atoms with Gasteiger partial charge in [0.05, 0.1) is 12.2 Å². The van der Waals surface area contributed by atoms with Crippen molar-refractivity contribution in [3.63, 3.8) is 0 Å². The number of halogens is 1. The fourth-order valence-corrected chi connectivity index (χ4v) is 6.16. The van der Waals surface area contributed by atoms with Gasteiger partial charge in [-0.05, 0) is 43.7 Å². The van der Waals surface area contributed by atoms with E-state index < -0.39 is 4.87 Å². The van der Waals surface area contributed by atoms with Crippen LogP contribution in [0.2, 0.25) is 5.02 Å². The molecule has 3 amide bonds. The summed E-state index contributed by atoms with van der Waals surface area (Å²) in [7, 11) is 0. The normalized spacial score (nSPS) is 19.3. The van der Waals surface area contributed by atoms with Crippen LogP contribution in [0.3, 0.4) is 0 Å². The average molecular weight is 478 g/mol. The predicted molar refractivity (Wildman–Crippen MR) is 135 cm³/mol. The summed E-state index contributed by atoms with van der Waals surface area (Å²) >= 11 is 7.62. The number of benzene rings is 3. The Hall–Kier alpha value is -2.96. The highest BCUT2D eigenvalue weighted by Gasteiger charge is 2.59. The summed E-state index contributed by atoms with van der Waals surface area (Å²) in [5.41, 5.74) is 5.63. The van der Waals surface area contributed by atoms with Gasteiger partial charge in [0, 0.05) is 28.6 Å². The average Bonchev–Trinajstić information content (AvgIpc) is 3.32. The quantitative estimate of drug-likeness (QED) is 0.508. The van der Waals surface area contributed by atoms with Crippen LogP contribution in [0.1, 0.15) is 22.3 Å². The van der Waals surface area contributed by atoms with E-state index in [1.165, 1.54) is 17.3 Å². The number of carbonyl (C=O) groups is 2. The van der Waals surface area contributed by atoms with Crippen molar-refractivity contribution in [2.45, 2.75) is 25.3 Å². The van der Waals surface area contributed by atoms with E-state index in [4.69, 9.17) is 11.6 Å². The number of hydrogen-bond donors (Lipinski definition) is 1. The highest BCUT2D eigenvalue weighted by molar-refractivity contribution is 8.01. The number of nitrogens with one attached hydrogen (secondary N) is 1. The number of fused-ring (bicyclic) bond motifs is 2. The molecular formula is C26H24ClN3O2S. The number of hydrogen-bond acceptors (Lipinski definition) is 3. The van der Waals surface area contributed by atoms with Crippen LogP contribution in [-0.2, 0) is 16.2 Å². The molecule has 5 rings (SSSR count). The minimum absolute atomic E-state index is 0.0765. The lowest BCUT2D eigenvalue weighted by atomic mass is 10.0. The van der Waals surface area contributed by atoms with Crippen LogP contribution < -0.4 is 10.2 Å². The zero-order valence-corrected chi connectivity index (χ0v) is 20.0. The molecule has 5 nitrogen and oxygen atoms in total. The number of thioether (sulfide) groups is 1. The van der Waals surface area contributed by atoms with Gasteiger partial charge >= 0.3 is 6.03 Å². The third-order valence-corrected chi connectivity index (χ3v) is 7.79. The van der Waals surface area contributed by atoms with Crippen LogP contribution in [0.4, 0.5) is 16.2 Å². The Bertz CT molecular complexity index is 1250. The van der Waals surface area contributed by atoms with Crippen LogP contribution >= 0.6 is 23.4 Å². The van der Waals surface area contributed by atoms with E-state index in [0.29, 0.717) is 29.6 Å². The Labute approximate surface area is 202 Å². The lowest BCUT2D eigenvalue weighted by molar-refractivity contribution is -0.123. The molecule has 2 heterocycles. The molecule has 0 radical (unpaired) electrons. The zero-order valence-electron chi connectivity index (χ0n) is 18.5. The second-order valence-electron chi connectivity index (χ2n) is 8.48. The van der Waals surface area contributed by atoms with Gasteiger partial charge in [0.1, 0.15) is 0 Å². The maximum Gasteiger partial charge on any atom is 0.323 e. The van der Waals surface area contributed by atoms with Crippen LogP contribution in [0.25, 0.3) is 0 Å². The Balaban J connectivity index is 1.53. The number of carbonyl (C=O) groups excluding carboxylic acids is 2. The Morgan fingerprint density at radius 1 is 1.06 bits per heavy atom. The minimum Gasteiger partial charge on any atom is -0.308 e. The maximum atomic E-state index is 14.1.